The van der Waals surface area contributed by atoms with Gasteiger partial charge in [0.2, 0.25) is 15.4 Å². The molecule has 0 bridgehead atoms. The van der Waals surface area contributed by atoms with Crippen molar-refractivity contribution in [1.82, 2.24) is 10.2 Å². The van der Waals surface area contributed by atoms with Crippen LogP contribution in [0.25, 0.3) is 6.08 Å². The molecule has 1 atom stereocenters. The molecule has 1 unspecified atom stereocenters. The molecule has 8 heteroatoms. The van der Waals surface area contributed by atoms with Gasteiger partial charge in [-0.05, 0) is 29.3 Å². The maximum atomic E-state index is 12.4. The molecule has 2 aromatic carbocycles. The second kappa shape index (κ2) is 9.20. The number of rotatable bonds is 7. The van der Waals surface area contributed by atoms with Crippen LogP contribution in [0.4, 0.5) is 5.13 Å². The highest BCUT2D eigenvalue weighted by Crippen LogP contribution is 2.21. The molecule has 6 nitrogen and oxygen atoms in total. The van der Waals surface area contributed by atoms with Gasteiger partial charge in [0.25, 0.3) is 0 Å². The third kappa shape index (κ3) is 5.57. The number of hydrogen-bond donors (Lipinski definition) is 1. The SMILES string of the molecule is COc1ccc(/C=C\C(=O)Nc2nnc(S(=O)Cc3ccccc3)s2)cc1. The van der Waals surface area contributed by atoms with Crippen LogP contribution >= 0.6 is 11.3 Å². The van der Waals surface area contributed by atoms with E-state index < -0.39 is 10.8 Å². The van der Waals surface area contributed by atoms with E-state index in [1.54, 1.807) is 13.2 Å². The van der Waals surface area contributed by atoms with Crippen molar-refractivity contribution in [1.29, 1.82) is 0 Å². The van der Waals surface area contributed by atoms with Gasteiger partial charge in [-0.1, -0.05) is 53.8 Å². The lowest BCUT2D eigenvalue weighted by Gasteiger charge is -1.99. The summed E-state index contributed by atoms with van der Waals surface area (Å²) in [4.78, 5) is 12.0. The van der Waals surface area contributed by atoms with Gasteiger partial charge in [-0.3, -0.25) is 14.3 Å². The third-order valence-corrected chi connectivity index (χ3v) is 6.02. The number of amides is 1. The summed E-state index contributed by atoms with van der Waals surface area (Å²) < 4.78 is 17.8. The minimum Gasteiger partial charge on any atom is -0.497 e. The average molecular weight is 399 g/mol. The van der Waals surface area contributed by atoms with E-state index in [0.29, 0.717) is 15.2 Å². The Morgan fingerprint density at radius 3 is 2.59 bits per heavy atom. The van der Waals surface area contributed by atoms with Crippen molar-refractivity contribution in [3.8, 4) is 5.75 Å². The Bertz CT molecular complexity index is 954. The maximum absolute atomic E-state index is 12.4. The van der Waals surface area contributed by atoms with E-state index in [1.165, 1.54) is 6.08 Å². The zero-order chi connectivity index (χ0) is 19.1. The quantitative estimate of drug-likeness (QED) is 0.486. The molecule has 1 amide bonds. The van der Waals surface area contributed by atoms with Crippen LogP contribution in [0.1, 0.15) is 11.1 Å². The third-order valence-electron chi connectivity index (χ3n) is 3.51. The van der Waals surface area contributed by atoms with Crippen LogP contribution in [0, 0.1) is 0 Å². The van der Waals surface area contributed by atoms with Gasteiger partial charge in [0.1, 0.15) is 5.75 Å². The Morgan fingerprint density at radius 2 is 1.89 bits per heavy atom. The molecule has 0 aliphatic carbocycles. The number of anilines is 1. The number of nitrogens with zero attached hydrogens (tertiary/aromatic N) is 2. The van der Waals surface area contributed by atoms with Gasteiger partial charge in [0, 0.05) is 6.08 Å². The summed E-state index contributed by atoms with van der Waals surface area (Å²) in [5.41, 5.74) is 1.83. The Kier molecular flexibility index (Phi) is 6.45. The highest BCUT2D eigenvalue weighted by Gasteiger charge is 2.13. The van der Waals surface area contributed by atoms with Crippen molar-refractivity contribution in [3.05, 3.63) is 71.8 Å². The molecular weight excluding hydrogens is 382 g/mol. The molecule has 1 N–H and O–H groups in total. The van der Waals surface area contributed by atoms with Gasteiger partial charge < -0.3 is 4.74 Å². The predicted molar refractivity (Wildman–Crippen MR) is 107 cm³/mol. The molecule has 1 aromatic heterocycles. The molecule has 138 valence electrons. The van der Waals surface area contributed by atoms with E-state index >= 15 is 0 Å². The second-order valence-electron chi connectivity index (χ2n) is 5.44. The average Bonchev–Trinajstić information content (AvgIpc) is 3.16. The van der Waals surface area contributed by atoms with Gasteiger partial charge in [-0.2, -0.15) is 0 Å². The van der Waals surface area contributed by atoms with Crippen molar-refractivity contribution in [2.45, 2.75) is 10.1 Å². The van der Waals surface area contributed by atoms with Crippen molar-refractivity contribution in [2.75, 3.05) is 12.4 Å². The summed E-state index contributed by atoms with van der Waals surface area (Å²) >= 11 is 1.11. The monoisotopic (exact) mass is 399 g/mol. The Morgan fingerprint density at radius 1 is 1.15 bits per heavy atom. The molecule has 0 aliphatic rings. The maximum Gasteiger partial charge on any atom is 0.250 e. The second-order valence-corrected chi connectivity index (χ2v) is 8.05. The summed E-state index contributed by atoms with van der Waals surface area (Å²) in [5.74, 6) is 0.782. The number of ether oxygens (including phenoxy) is 1. The lowest BCUT2D eigenvalue weighted by Crippen LogP contribution is -2.07. The van der Waals surface area contributed by atoms with Gasteiger partial charge in [-0.25, -0.2) is 0 Å². The van der Waals surface area contributed by atoms with Crippen LogP contribution in [0.2, 0.25) is 0 Å². The van der Waals surface area contributed by atoms with Gasteiger partial charge >= 0.3 is 0 Å². The minimum atomic E-state index is -1.30. The molecule has 3 rings (SSSR count). The van der Waals surface area contributed by atoms with Crippen LogP contribution in [0.3, 0.4) is 0 Å². The molecule has 0 fully saturated rings. The van der Waals surface area contributed by atoms with Gasteiger partial charge in [0.15, 0.2) is 0 Å². The smallest absolute Gasteiger partial charge is 0.250 e. The molecule has 0 aliphatic heterocycles. The van der Waals surface area contributed by atoms with E-state index in [2.05, 4.69) is 15.5 Å². The molecule has 0 radical (unpaired) electrons. The number of benzene rings is 2. The lowest BCUT2D eigenvalue weighted by atomic mass is 10.2. The number of methoxy groups -OCH3 is 1. The largest absolute Gasteiger partial charge is 0.497 e. The molecule has 1 heterocycles. The topological polar surface area (TPSA) is 81.2 Å². The molecule has 0 spiro atoms. The summed E-state index contributed by atoms with van der Waals surface area (Å²) in [5, 5.41) is 10.8. The molecule has 0 saturated heterocycles. The molecule has 0 saturated carbocycles. The van der Waals surface area contributed by atoms with E-state index in [9.17, 15) is 9.00 Å². The van der Waals surface area contributed by atoms with E-state index in [0.717, 1.165) is 28.2 Å². The summed E-state index contributed by atoms with van der Waals surface area (Å²) in [6.45, 7) is 0. The summed E-state index contributed by atoms with van der Waals surface area (Å²) in [7, 11) is 0.297. The van der Waals surface area contributed by atoms with E-state index in [4.69, 9.17) is 4.74 Å². The Labute approximate surface area is 163 Å². The number of carbonyl (C=O) groups excluding carboxylic acids is 1. The summed E-state index contributed by atoms with van der Waals surface area (Å²) in [6.07, 6.45) is 3.09. The van der Waals surface area contributed by atoms with Crippen LogP contribution in [0.15, 0.2) is 65.0 Å². The molecule has 27 heavy (non-hydrogen) atoms. The van der Waals surface area contributed by atoms with E-state index in [1.807, 2.05) is 54.6 Å². The van der Waals surface area contributed by atoms with Crippen LogP contribution in [0.5, 0.6) is 5.75 Å². The van der Waals surface area contributed by atoms with Gasteiger partial charge in [-0.15, -0.1) is 10.2 Å². The minimum absolute atomic E-state index is 0.316. The zero-order valence-electron chi connectivity index (χ0n) is 14.5. The number of carbonyl (C=O) groups is 1. The van der Waals surface area contributed by atoms with Crippen molar-refractivity contribution in [3.63, 3.8) is 0 Å². The molecular formula is C19H17N3O3S2. The highest BCUT2D eigenvalue weighted by molar-refractivity contribution is 7.86. The first-order valence-electron chi connectivity index (χ1n) is 8.03. The fourth-order valence-electron chi connectivity index (χ4n) is 2.17. The van der Waals surface area contributed by atoms with Gasteiger partial charge in [0.05, 0.1) is 23.7 Å². The van der Waals surface area contributed by atoms with Crippen molar-refractivity contribution >= 4 is 39.3 Å². The van der Waals surface area contributed by atoms with Crippen LogP contribution in [-0.4, -0.2) is 27.4 Å². The zero-order valence-corrected chi connectivity index (χ0v) is 16.1. The fraction of sp³-hybridized carbons (Fsp3) is 0.105. The normalized spacial score (nSPS) is 12.0. The summed E-state index contributed by atoms with van der Waals surface area (Å²) in [6, 6.07) is 16.8. The first-order chi connectivity index (χ1) is 13.1. The standard InChI is InChI=1S/C19H17N3O3S2/c1-25-16-10-7-14(8-11-16)9-12-17(23)20-18-21-22-19(26-18)27(24)13-15-5-3-2-4-6-15/h2-12H,13H2,1H3,(H,20,21,23)/b12-9-. The highest BCUT2D eigenvalue weighted by atomic mass is 32.2. The van der Waals surface area contributed by atoms with Crippen molar-refractivity contribution < 1.29 is 13.7 Å². The number of hydrogen-bond acceptors (Lipinski definition) is 6. The first kappa shape index (κ1) is 18.9. The van der Waals surface area contributed by atoms with Crippen LogP contribution in [-0.2, 0) is 21.3 Å². The molecule has 3 aromatic rings. The van der Waals surface area contributed by atoms with E-state index in [-0.39, 0.29) is 5.91 Å². The number of aromatic nitrogens is 2. The number of nitrogens with one attached hydrogen (secondary N) is 1. The van der Waals surface area contributed by atoms with Crippen LogP contribution < -0.4 is 10.1 Å². The fourth-order valence-corrected chi connectivity index (χ4v) is 4.19. The Hall–Kier alpha value is -2.84. The first-order valence-corrected chi connectivity index (χ1v) is 10.2. The van der Waals surface area contributed by atoms with Crippen molar-refractivity contribution in [2.24, 2.45) is 0 Å². The lowest BCUT2D eigenvalue weighted by molar-refractivity contribution is -0.111. The Balaban J connectivity index is 1.57. The predicted octanol–water partition coefficient (Wildman–Crippen LogP) is 3.51.